The van der Waals surface area contributed by atoms with Gasteiger partial charge >= 0.3 is 0 Å². The molecule has 92 valence electrons. The maximum Gasteiger partial charge on any atom is 0.253 e. The van der Waals surface area contributed by atoms with Crippen molar-refractivity contribution in [1.29, 1.82) is 0 Å². The van der Waals surface area contributed by atoms with Gasteiger partial charge in [0, 0.05) is 23.1 Å². The van der Waals surface area contributed by atoms with E-state index in [0.717, 1.165) is 4.47 Å². The number of halogens is 1. The van der Waals surface area contributed by atoms with E-state index in [9.17, 15) is 4.79 Å². The third-order valence-electron chi connectivity index (χ3n) is 3.08. The highest BCUT2D eigenvalue weighted by molar-refractivity contribution is 9.10. The van der Waals surface area contributed by atoms with Crippen molar-refractivity contribution in [2.75, 3.05) is 19.7 Å². The van der Waals surface area contributed by atoms with E-state index >= 15 is 0 Å². The fourth-order valence-corrected chi connectivity index (χ4v) is 2.24. The zero-order valence-electron chi connectivity index (χ0n) is 9.40. The molecule has 2 rings (SSSR count). The zero-order valence-corrected chi connectivity index (χ0v) is 11.0. The highest BCUT2D eigenvalue weighted by Crippen LogP contribution is 2.21. The van der Waals surface area contributed by atoms with E-state index < -0.39 is 5.54 Å². The number of aliphatic hydroxyl groups excluding tert-OH is 1. The van der Waals surface area contributed by atoms with Gasteiger partial charge in [0.2, 0.25) is 0 Å². The highest BCUT2D eigenvalue weighted by Gasteiger charge is 2.36. The van der Waals surface area contributed by atoms with Crippen molar-refractivity contribution in [3.63, 3.8) is 0 Å². The van der Waals surface area contributed by atoms with Crippen LogP contribution in [0.25, 0.3) is 0 Å². The van der Waals surface area contributed by atoms with Crippen molar-refractivity contribution in [3.05, 3.63) is 34.3 Å². The summed E-state index contributed by atoms with van der Waals surface area (Å²) in [5.41, 5.74) is 5.95. The minimum absolute atomic E-state index is 0.0294. The third kappa shape index (κ3) is 2.68. The number of hydrogen-bond donors (Lipinski definition) is 2. The van der Waals surface area contributed by atoms with Gasteiger partial charge in [0.15, 0.2) is 0 Å². The Morgan fingerprint density at radius 2 is 2.12 bits per heavy atom. The van der Waals surface area contributed by atoms with Crippen molar-refractivity contribution in [3.8, 4) is 0 Å². The summed E-state index contributed by atoms with van der Waals surface area (Å²) in [4.78, 5) is 13.8. The third-order valence-corrected chi connectivity index (χ3v) is 3.61. The molecule has 4 nitrogen and oxygen atoms in total. The lowest BCUT2D eigenvalue weighted by Crippen LogP contribution is -2.46. The number of nitrogens with two attached hydrogens (primary N) is 1. The summed E-state index contributed by atoms with van der Waals surface area (Å²) in [6, 6.07) is 7.24. The Hall–Kier alpha value is -0.910. The minimum atomic E-state index is -0.634. The fourth-order valence-electron chi connectivity index (χ4n) is 1.97. The summed E-state index contributed by atoms with van der Waals surface area (Å²) in [6.07, 6.45) is 0.645. The van der Waals surface area contributed by atoms with Crippen LogP contribution in [0.2, 0.25) is 0 Å². The predicted molar refractivity (Wildman–Crippen MR) is 68.7 cm³/mol. The molecule has 1 amide bonds. The second-order valence-corrected chi connectivity index (χ2v) is 5.42. The molecule has 1 heterocycles. The average Bonchev–Trinajstić information content (AvgIpc) is 2.73. The van der Waals surface area contributed by atoms with Crippen LogP contribution in [0, 0.1) is 0 Å². The van der Waals surface area contributed by atoms with E-state index in [0.29, 0.717) is 25.1 Å². The lowest BCUT2D eigenvalue weighted by Gasteiger charge is -2.22. The average molecular weight is 299 g/mol. The number of hydrogen-bond acceptors (Lipinski definition) is 3. The normalized spacial score (nSPS) is 24.1. The van der Waals surface area contributed by atoms with Crippen LogP contribution >= 0.6 is 15.9 Å². The molecule has 1 atom stereocenters. The first kappa shape index (κ1) is 12.5. The van der Waals surface area contributed by atoms with Crippen LogP contribution in [0.15, 0.2) is 28.7 Å². The molecule has 0 bridgehead atoms. The Bertz CT molecular complexity index is 421. The van der Waals surface area contributed by atoms with Gasteiger partial charge in [-0.1, -0.05) is 15.9 Å². The first-order valence-corrected chi connectivity index (χ1v) is 6.28. The molecule has 0 radical (unpaired) electrons. The summed E-state index contributed by atoms with van der Waals surface area (Å²) in [6.45, 7) is 0.932. The van der Waals surface area contributed by atoms with Gasteiger partial charge in [0.25, 0.3) is 5.91 Å². The lowest BCUT2D eigenvalue weighted by molar-refractivity contribution is 0.0775. The van der Waals surface area contributed by atoms with Gasteiger partial charge in [-0.3, -0.25) is 4.79 Å². The molecule has 0 unspecified atom stereocenters. The Balaban J connectivity index is 2.09. The van der Waals surface area contributed by atoms with Gasteiger partial charge in [-0.25, -0.2) is 0 Å². The quantitative estimate of drug-likeness (QED) is 0.855. The molecule has 17 heavy (non-hydrogen) atoms. The number of carbonyl (C=O) groups is 1. The summed E-state index contributed by atoms with van der Waals surface area (Å²) in [7, 11) is 0. The summed E-state index contributed by atoms with van der Waals surface area (Å²) in [5, 5.41) is 9.16. The molecule has 1 aromatic carbocycles. The fraction of sp³-hybridized carbons (Fsp3) is 0.417. The van der Waals surface area contributed by atoms with Gasteiger partial charge in [-0.05, 0) is 30.7 Å². The van der Waals surface area contributed by atoms with Gasteiger partial charge in [-0.2, -0.15) is 0 Å². The van der Waals surface area contributed by atoms with Crippen LogP contribution in [0.3, 0.4) is 0 Å². The van der Waals surface area contributed by atoms with Crippen LogP contribution in [-0.2, 0) is 0 Å². The molecule has 1 aliphatic rings. The minimum Gasteiger partial charge on any atom is -0.394 e. The molecule has 0 aliphatic carbocycles. The molecule has 1 aliphatic heterocycles. The second kappa shape index (κ2) is 4.76. The zero-order chi connectivity index (χ0) is 12.5. The Morgan fingerprint density at radius 1 is 1.47 bits per heavy atom. The molecule has 0 saturated carbocycles. The maximum absolute atomic E-state index is 12.1. The molecular formula is C12H15BrN2O2. The van der Waals surface area contributed by atoms with Crippen LogP contribution in [-0.4, -0.2) is 41.1 Å². The van der Waals surface area contributed by atoms with E-state index in [1.807, 2.05) is 12.1 Å². The Kier molecular flexibility index (Phi) is 3.51. The molecule has 3 N–H and O–H groups in total. The van der Waals surface area contributed by atoms with Crippen molar-refractivity contribution < 1.29 is 9.90 Å². The predicted octanol–water partition coefficient (Wildman–Crippen LogP) is 0.985. The van der Waals surface area contributed by atoms with E-state index in [4.69, 9.17) is 10.8 Å². The van der Waals surface area contributed by atoms with E-state index in [1.165, 1.54) is 0 Å². The number of carbonyl (C=O) groups excluding carboxylic acids is 1. The summed E-state index contributed by atoms with van der Waals surface area (Å²) >= 11 is 3.33. The SMILES string of the molecule is N[C@@]1(CO)CCN(C(=O)c2ccc(Br)cc2)C1. The van der Waals surface area contributed by atoms with Crippen molar-refractivity contribution >= 4 is 21.8 Å². The highest BCUT2D eigenvalue weighted by atomic mass is 79.9. The number of nitrogens with zero attached hydrogens (tertiary/aromatic N) is 1. The summed E-state index contributed by atoms with van der Waals surface area (Å²) < 4.78 is 0.944. The van der Waals surface area contributed by atoms with Gasteiger partial charge in [0.1, 0.15) is 0 Å². The van der Waals surface area contributed by atoms with Crippen molar-refractivity contribution in [2.45, 2.75) is 12.0 Å². The molecule has 0 aromatic heterocycles. The smallest absolute Gasteiger partial charge is 0.253 e. The van der Waals surface area contributed by atoms with Crippen molar-refractivity contribution in [2.24, 2.45) is 5.73 Å². The van der Waals surface area contributed by atoms with Crippen molar-refractivity contribution in [1.82, 2.24) is 4.90 Å². The standard InChI is InChI=1S/C12H15BrN2O2/c13-10-3-1-9(2-4-10)11(17)15-6-5-12(14,7-15)8-16/h1-4,16H,5-8,14H2/t12-/m0/s1. The molecule has 0 spiro atoms. The van der Waals surface area contributed by atoms with E-state index in [-0.39, 0.29) is 12.5 Å². The number of aliphatic hydroxyl groups is 1. The first-order chi connectivity index (χ1) is 8.04. The number of amides is 1. The molecule has 1 fully saturated rings. The number of benzene rings is 1. The van der Waals surface area contributed by atoms with Gasteiger partial charge in [-0.15, -0.1) is 0 Å². The molecule has 1 saturated heterocycles. The first-order valence-electron chi connectivity index (χ1n) is 5.49. The maximum atomic E-state index is 12.1. The van der Waals surface area contributed by atoms with E-state index in [2.05, 4.69) is 15.9 Å². The molecule has 1 aromatic rings. The second-order valence-electron chi connectivity index (χ2n) is 4.50. The Labute approximate surface area is 109 Å². The number of likely N-dealkylation sites (tertiary alicyclic amines) is 1. The van der Waals surface area contributed by atoms with Crippen LogP contribution in [0.5, 0.6) is 0 Å². The molecular weight excluding hydrogens is 284 g/mol. The van der Waals surface area contributed by atoms with E-state index in [1.54, 1.807) is 17.0 Å². The van der Waals surface area contributed by atoms with Crippen LogP contribution in [0.1, 0.15) is 16.8 Å². The topological polar surface area (TPSA) is 66.6 Å². The van der Waals surface area contributed by atoms with Gasteiger partial charge < -0.3 is 15.7 Å². The largest absolute Gasteiger partial charge is 0.394 e. The van der Waals surface area contributed by atoms with Crippen LogP contribution < -0.4 is 5.73 Å². The number of rotatable bonds is 2. The monoisotopic (exact) mass is 298 g/mol. The van der Waals surface area contributed by atoms with Gasteiger partial charge in [0.05, 0.1) is 12.1 Å². The summed E-state index contributed by atoms with van der Waals surface area (Å²) in [5.74, 6) is -0.0294. The van der Waals surface area contributed by atoms with Crippen LogP contribution in [0.4, 0.5) is 0 Å². The Morgan fingerprint density at radius 3 is 2.65 bits per heavy atom. The molecule has 5 heteroatoms. The lowest BCUT2D eigenvalue weighted by atomic mass is 10.0.